The predicted molar refractivity (Wildman–Crippen MR) is 45.1 cm³/mol. The molecule has 0 aliphatic rings. The molecule has 66 valence electrons. The molecule has 2 nitrogen and oxygen atoms in total. The molecule has 0 saturated carbocycles. The smallest absolute Gasteiger partial charge is 0.149 e. The predicted octanol–water partition coefficient (Wildman–Crippen LogP) is 1.61. The van der Waals surface area contributed by atoms with Crippen LogP contribution in [0.1, 0.15) is 0 Å². The highest BCUT2D eigenvalue weighted by molar-refractivity contribution is 5.56. The molecule has 1 aromatic carbocycles. The third-order valence-corrected chi connectivity index (χ3v) is 1.55. The van der Waals surface area contributed by atoms with Crippen LogP contribution < -0.4 is 10.6 Å². The van der Waals surface area contributed by atoms with Gasteiger partial charge in [0.05, 0.1) is 11.4 Å². The Morgan fingerprint density at radius 2 is 1.75 bits per heavy atom. The van der Waals surface area contributed by atoms with Gasteiger partial charge in [0.25, 0.3) is 0 Å². The van der Waals surface area contributed by atoms with Gasteiger partial charge in [-0.25, -0.2) is 8.78 Å². The van der Waals surface area contributed by atoms with E-state index in [4.69, 9.17) is 5.73 Å². The zero-order valence-electron chi connectivity index (χ0n) is 6.94. The van der Waals surface area contributed by atoms with E-state index < -0.39 is 11.6 Å². The monoisotopic (exact) mass is 172 g/mol. The van der Waals surface area contributed by atoms with Crippen LogP contribution in [0.15, 0.2) is 12.1 Å². The fourth-order valence-electron chi connectivity index (χ4n) is 0.896. The lowest BCUT2D eigenvalue weighted by atomic mass is 10.2. The fourth-order valence-corrected chi connectivity index (χ4v) is 0.896. The van der Waals surface area contributed by atoms with Crippen molar-refractivity contribution in [1.82, 2.24) is 0 Å². The standard InChI is InChI=1S/C8H10F2N2/c1-12(2)8-4-7(11)5(9)3-6(8)10/h3-4H,11H2,1-2H3. The number of nitrogens with two attached hydrogens (primary N) is 1. The minimum absolute atomic E-state index is 0.0416. The molecule has 0 fully saturated rings. The third kappa shape index (κ3) is 1.47. The molecule has 0 unspecified atom stereocenters. The van der Waals surface area contributed by atoms with Crippen LogP contribution in [0.2, 0.25) is 0 Å². The van der Waals surface area contributed by atoms with Crippen molar-refractivity contribution in [3.8, 4) is 0 Å². The summed E-state index contributed by atoms with van der Waals surface area (Å²) in [7, 11) is 3.32. The fraction of sp³-hybridized carbons (Fsp3) is 0.250. The topological polar surface area (TPSA) is 29.3 Å². The van der Waals surface area contributed by atoms with Gasteiger partial charge in [0.2, 0.25) is 0 Å². The van der Waals surface area contributed by atoms with Crippen molar-refractivity contribution in [1.29, 1.82) is 0 Å². The van der Waals surface area contributed by atoms with Crippen molar-refractivity contribution in [2.24, 2.45) is 0 Å². The summed E-state index contributed by atoms with van der Waals surface area (Å²) in [6.07, 6.45) is 0. The van der Waals surface area contributed by atoms with E-state index in [-0.39, 0.29) is 11.4 Å². The second kappa shape index (κ2) is 2.97. The number of anilines is 2. The Bertz CT molecular complexity index is 297. The van der Waals surface area contributed by atoms with E-state index in [2.05, 4.69) is 0 Å². The maximum Gasteiger partial charge on any atom is 0.149 e. The molecule has 0 saturated heterocycles. The summed E-state index contributed by atoms with van der Waals surface area (Å²) in [4.78, 5) is 1.53. The lowest BCUT2D eigenvalue weighted by Gasteiger charge is -2.13. The van der Waals surface area contributed by atoms with Gasteiger partial charge in [-0.05, 0) is 6.07 Å². The minimum atomic E-state index is -0.724. The average molecular weight is 172 g/mol. The van der Waals surface area contributed by atoms with Crippen LogP contribution in [0.4, 0.5) is 20.2 Å². The molecule has 0 aliphatic carbocycles. The van der Waals surface area contributed by atoms with Crippen LogP contribution in [-0.4, -0.2) is 14.1 Å². The first-order valence-corrected chi connectivity index (χ1v) is 3.44. The van der Waals surface area contributed by atoms with Gasteiger partial charge in [0, 0.05) is 20.2 Å². The summed E-state index contributed by atoms with van der Waals surface area (Å²) >= 11 is 0. The maximum absolute atomic E-state index is 12.9. The highest BCUT2D eigenvalue weighted by Crippen LogP contribution is 2.22. The lowest BCUT2D eigenvalue weighted by molar-refractivity contribution is 0.586. The number of halogens is 2. The van der Waals surface area contributed by atoms with Crippen LogP contribution in [0.3, 0.4) is 0 Å². The molecular weight excluding hydrogens is 162 g/mol. The minimum Gasteiger partial charge on any atom is -0.396 e. The molecule has 1 rings (SSSR count). The normalized spacial score (nSPS) is 10.0. The van der Waals surface area contributed by atoms with Crippen molar-refractivity contribution in [3.05, 3.63) is 23.8 Å². The molecule has 0 spiro atoms. The van der Waals surface area contributed by atoms with Crippen LogP contribution in [0.5, 0.6) is 0 Å². The number of hydrogen-bond donors (Lipinski definition) is 1. The zero-order chi connectivity index (χ0) is 9.30. The van der Waals surface area contributed by atoms with Gasteiger partial charge in [0.15, 0.2) is 0 Å². The summed E-state index contributed by atoms with van der Waals surface area (Å²) in [6.45, 7) is 0. The molecule has 4 heteroatoms. The summed E-state index contributed by atoms with van der Waals surface area (Å²) in [5.74, 6) is -1.33. The van der Waals surface area contributed by atoms with Crippen molar-refractivity contribution in [2.45, 2.75) is 0 Å². The summed E-state index contributed by atoms with van der Waals surface area (Å²) in [5.41, 5.74) is 5.50. The first-order chi connectivity index (χ1) is 5.52. The Kier molecular flexibility index (Phi) is 2.17. The molecule has 0 aromatic heterocycles. The third-order valence-electron chi connectivity index (χ3n) is 1.55. The number of rotatable bonds is 1. The maximum atomic E-state index is 12.9. The van der Waals surface area contributed by atoms with Crippen LogP contribution in [0, 0.1) is 11.6 Å². The molecule has 0 atom stereocenters. The second-order valence-corrected chi connectivity index (χ2v) is 2.72. The number of nitrogen functional groups attached to an aromatic ring is 1. The summed E-state index contributed by atoms with van der Waals surface area (Å²) < 4.78 is 25.6. The van der Waals surface area contributed by atoms with E-state index in [0.717, 1.165) is 6.07 Å². The molecular formula is C8H10F2N2. The molecule has 2 N–H and O–H groups in total. The highest BCUT2D eigenvalue weighted by Gasteiger charge is 2.08. The number of nitrogens with zero attached hydrogens (tertiary/aromatic N) is 1. The number of hydrogen-bond acceptors (Lipinski definition) is 2. The van der Waals surface area contributed by atoms with E-state index >= 15 is 0 Å². The van der Waals surface area contributed by atoms with E-state index in [1.807, 2.05) is 0 Å². The van der Waals surface area contributed by atoms with Gasteiger partial charge in [-0.2, -0.15) is 0 Å². The Morgan fingerprint density at radius 1 is 1.17 bits per heavy atom. The van der Waals surface area contributed by atoms with Gasteiger partial charge < -0.3 is 10.6 Å². The molecule has 0 heterocycles. The van der Waals surface area contributed by atoms with Crippen molar-refractivity contribution in [3.63, 3.8) is 0 Å². The van der Waals surface area contributed by atoms with E-state index in [9.17, 15) is 8.78 Å². The first kappa shape index (κ1) is 8.77. The van der Waals surface area contributed by atoms with Gasteiger partial charge in [0.1, 0.15) is 11.6 Å². The zero-order valence-corrected chi connectivity index (χ0v) is 6.94. The SMILES string of the molecule is CN(C)c1cc(N)c(F)cc1F. The molecule has 1 aromatic rings. The van der Waals surface area contributed by atoms with Crippen molar-refractivity contribution < 1.29 is 8.78 Å². The van der Waals surface area contributed by atoms with Crippen molar-refractivity contribution >= 4 is 11.4 Å². The van der Waals surface area contributed by atoms with E-state index in [0.29, 0.717) is 0 Å². The molecule has 0 amide bonds. The van der Waals surface area contributed by atoms with Gasteiger partial charge >= 0.3 is 0 Å². The molecule has 0 radical (unpaired) electrons. The summed E-state index contributed by atoms with van der Waals surface area (Å²) in [6, 6.07) is 2.05. The Balaban J connectivity index is 3.23. The molecule has 12 heavy (non-hydrogen) atoms. The van der Waals surface area contributed by atoms with Crippen molar-refractivity contribution in [2.75, 3.05) is 24.7 Å². The Labute approximate surface area is 69.6 Å². The van der Waals surface area contributed by atoms with Gasteiger partial charge in [-0.3, -0.25) is 0 Å². The quantitative estimate of drug-likeness (QED) is 0.652. The average Bonchev–Trinajstić information content (AvgIpc) is 1.96. The number of benzene rings is 1. The van der Waals surface area contributed by atoms with Gasteiger partial charge in [-0.15, -0.1) is 0 Å². The summed E-state index contributed by atoms with van der Waals surface area (Å²) in [5, 5.41) is 0. The van der Waals surface area contributed by atoms with Crippen LogP contribution in [0.25, 0.3) is 0 Å². The lowest BCUT2D eigenvalue weighted by Crippen LogP contribution is -2.11. The Hall–Kier alpha value is -1.32. The van der Waals surface area contributed by atoms with Gasteiger partial charge in [-0.1, -0.05) is 0 Å². The Morgan fingerprint density at radius 3 is 2.25 bits per heavy atom. The molecule has 0 bridgehead atoms. The largest absolute Gasteiger partial charge is 0.396 e. The first-order valence-electron chi connectivity index (χ1n) is 3.44. The molecule has 0 aliphatic heterocycles. The van der Waals surface area contributed by atoms with Crippen LogP contribution >= 0.6 is 0 Å². The second-order valence-electron chi connectivity index (χ2n) is 2.72. The van der Waals surface area contributed by atoms with Crippen LogP contribution in [-0.2, 0) is 0 Å². The van der Waals surface area contributed by atoms with E-state index in [1.165, 1.54) is 11.0 Å². The highest BCUT2D eigenvalue weighted by atomic mass is 19.1. The van der Waals surface area contributed by atoms with E-state index in [1.54, 1.807) is 14.1 Å².